The highest BCUT2D eigenvalue weighted by molar-refractivity contribution is 5.58. The summed E-state index contributed by atoms with van der Waals surface area (Å²) in [7, 11) is 2.00. The van der Waals surface area contributed by atoms with Gasteiger partial charge in [0.1, 0.15) is 5.82 Å². The van der Waals surface area contributed by atoms with Crippen molar-refractivity contribution in [2.24, 2.45) is 5.73 Å². The first-order valence-corrected chi connectivity index (χ1v) is 5.26. The molecule has 0 aliphatic rings. The van der Waals surface area contributed by atoms with Gasteiger partial charge in [-0.2, -0.15) is 0 Å². The van der Waals surface area contributed by atoms with Gasteiger partial charge in [-0.3, -0.25) is 0 Å². The molecule has 2 N–H and O–H groups in total. The lowest BCUT2D eigenvalue weighted by molar-refractivity contribution is 0.974. The molecule has 0 amide bonds. The number of rotatable bonds is 3. The molecule has 0 fully saturated rings. The van der Waals surface area contributed by atoms with E-state index in [1.807, 2.05) is 48.3 Å². The zero-order valence-corrected chi connectivity index (χ0v) is 9.30. The van der Waals surface area contributed by atoms with Crippen molar-refractivity contribution in [3.8, 4) is 0 Å². The number of anilines is 2. The first-order chi connectivity index (χ1) is 7.81. The summed E-state index contributed by atoms with van der Waals surface area (Å²) in [5, 5.41) is 0. The van der Waals surface area contributed by atoms with E-state index in [9.17, 15) is 0 Å². The van der Waals surface area contributed by atoms with Gasteiger partial charge >= 0.3 is 0 Å². The molecule has 1 aromatic carbocycles. The second-order valence-electron chi connectivity index (χ2n) is 3.59. The molecule has 0 unspecified atom stereocenters. The van der Waals surface area contributed by atoms with Gasteiger partial charge in [0.25, 0.3) is 0 Å². The van der Waals surface area contributed by atoms with E-state index in [0.717, 1.165) is 17.2 Å². The topological polar surface area (TPSA) is 42.1 Å². The molecule has 3 heteroatoms. The quantitative estimate of drug-likeness (QED) is 0.850. The molecule has 2 aromatic rings. The monoisotopic (exact) mass is 213 g/mol. The minimum atomic E-state index is 0.469. The Kier molecular flexibility index (Phi) is 3.17. The SMILES string of the molecule is CN(c1ccccc1)c1cccc(CN)n1. The van der Waals surface area contributed by atoms with E-state index in [-0.39, 0.29) is 0 Å². The second kappa shape index (κ2) is 4.77. The number of nitrogens with two attached hydrogens (primary N) is 1. The van der Waals surface area contributed by atoms with Crippen LogP contribution in [-0.4, -0.2) is 12.0 Å². The van der Waals surface area contributed by atoms with Crippen molar-refractivity contribution in [2.75, 3.05) is 11.9 Å². The molecular weight excluding hydrogens is 198 g/mol. The van der Waals surface area contributed by atoms with Crippen molar-refractivity contribution in [3.63, 3.8) is 0 Å². The zero-order valence-electron chi connectivity index (χ0n) is 9.30. The van der Waals surface area contributed by atoms with E-state index >= 15 is 0 Å². The number of pyridine rings is 1. The Hall–Kier alpha value is -1.87. The molecule has 0 radical (unpaired) electrons. The first-order valence-electron chi connectivity index (χ1n) is 5.26. The Balaban J connectivity index is 2.30. The molecule has 0 atom stereocenters. The third-order valence-electron chi connectivity index (χ3n) is 2.49. The first kappa shape index (κ1) is 10.6. The summed E-state index contributed by atoms with van der Waals surface area (Å²) in [4.78, 5) is 6.51. The van der Waals surface area contributed by atoms with Gasteiger partial charge in [-0.25, -0.2) is 4.98 Å². The Labute approximate surface area is 95.5 Å². The maximum Gasteiger partial charge on any atom is 0.133 e. The highest BCUT2D eigenvalue weighted by Crippen LogP contribution is 2.20. The fourth-order valence-electron chi connectivity index (χ4n) is 1.55. The molecule has 2 rings (SSSR count). The van der Waals surface area contributed by atoms with E-state index in [0.29, 0.717) is 6.54 Å². The average Bonchev–Trinajstić information content (AvgIpc) is 2.39. The molecule has 82 valence electrons. The number of hydrogen-bond donors (Lipinski definition) is 1. The molecular formula is C13H15N3. The predicted octanol–water partition coefficient (Wildman–Crippen LogP) is 2.31. The van der Waals surface area contributed by atoms with E-state index in [4.69, 9.17) is 5.73 Å². The summed E-state index contributed by atoms with van der Waals surface area (Å²) in [6.07, 6.45) is 0. The predicted molar refractivity (Wildman–Crippen MR) is 66.6 cm³/mol. The highest BCUT2D eigenvalue weighted by Gasteiger charge is 2.04. The lowest BCUT2D eigenvalue weighted by Gasteiger charge is -2.18. The van der Waals surface area contributed by atoms with Crippen LogP contribution in [0.4, 0.5) is 11.5 Å². The van der Waals surface area contributed by atoms with Crippen LogP contribution in [-0.2, 0) is 6.54 Å². The van der Waals surface area contributed by atoms with Crippen LogP contribution in [0.1, 0.15) is 5.69 Å². The van der Waals surface area contributed by atoms with Crippen LogP contribution in [0.5, 0.6) is 0 Å². The molecule has 16 heavy (non-hydrogen) atoms. The van der Waals surface area contributed by atoms with Gasteiger partial charge in [-0.1, -0.05) is 24.3 Å². The summed E-state index contributed by atoms with van der Waals surface area (Å²) < 4.78 is 0. The molecule has 3 nitrogen and oxygen atoms in total. The summed E-state index contributed by atoms with van der Waals surface area (Å²) in [5.74, 6) is 0.911. The minimum absolute atomic E-state index is 0.469. The lowest BCUT2D eigenvalue weighted by atomic mass is 10.3. The van der Waals surface area contributed by atoms with E-state index in [2.05, 4.69) is 17.1 Å². The van der Waals surface area contributed by atoms with Crippen LogP contribution in [0.2, 0.25) is 0 Å². The Bertz CT molecular complexity index is 454. The fraction of sp³-hybridized carbons (Fsp3) is 0.154. The number of para-hydroxylation sites is 1. The van der Waals surface area contributed by atoms with Crippen LogP contribution < -0.4 is 10.6 Å². The molecule has 1 heterocycles. The van der Waals surface area contributed by atoms with Crippen LogP contribution >= 0.6 is 0 Å². The molecule has 0 aliphatic carbocycles. The van der Waals surface area contributed by atoms with E-state index < -0.39 is 0 Å². The van der Waals surface area contributed by atoms with Gasteiger partial charge in [0, 0.05) is 19.3 Å². The van der Waals surface area contributed by atoms with Gasteiger partial charge in [-0.05, 0) is 24.3 Å². The third-order valence-corrected chi connectivity index (χ3v) is 2.49. The average molecular weight is 213 g/mol. The van der Waals surface area contributed by atoms with Crippen LogP contribution in [0, 0.1) is 0 Å². The normalized spacial score (nSPS) is 10.1. The van der Waals surface area contributed by atoms with E-state index in [1.54, 1.807) is 0 Å². The van der Waals surface area contributed by atoms with Crippen LogP contribution in [0.3, 0.4) is 0 Å². The van der Waals surface area contributed by atoms with Crippen LogP contribution in [0.15, 0.2) is 48.5 Å². The van der Waals surface area contributed by atoms with Gasteiger partial charge in [0.05, 0.1) is 5.69 Å². The molecule has 0 spiro atoms. The molecule has 0 saturated carbocycles. The number of benzene rings is 1. The molecule has 0 aliphatic heterocycles. The van der Waals surface area contributed by atoms with Gasteiger partial charge < -0.3 is 10.6 Å². The number of nitrogens with zero attached hydrogens (tertiary/aromatic N) is 2. The Morgan fingerprint density at radius 2 is 1.81 bits per heavy atom. The number of aromatic nitrogens is 1. The van der Waals surface area contributed by atoms with E-state index in [1.165, 1.54) is 0 Å². The van der Waals surface area contributed by atoms with Crippen molar-refractivity contribution in [1.29, 1.82) is 0 Å². The van der Waals surface area contributed by atoms with Crippen molar-refractivity contribution in [2.45, 2.75) is 6.54 Å². The molecule has 0 saturated heterocycles. The molecule has 0 bridgehead atoms. The second-order valence-corrected chi connectivity index (χ2v) is 3.59. The van der Waals surface area contributed by atoms with Gasteiger partial charge in [-0.15, -0.1) is 0 Å². The lowest BCUT2D eigenvalue weighted by Crippen LogP contribution is -2.12. The molecule has 1 aromatic heterocycles. The van der Waals surface area contributed by atoms with Gasteiger partial charge in [0.2, 0.25) is 0 Å². The highest BCUT2D eigenvalue weighted by atomic mass is 15.2. The summed E-state index contributed by atoms with van der Waals surface area (Å²) >= 11 is 0. The standard InChI is InChI=1S/C13H15N3/c1-16(12-7-3-2-4-8-12)13-9-5-6-11(10-14)15-13/h2-9H,10,14H2,1H3. The van der Waals surface area contributed by atoms with Gasteiger partial charge in [0.15, 0.2) is 0 Å². The largest absolute Gasteiger partial charge is 0.329 e. The maximum absolute atomic E-state index is 5.58. The summed E-state index contributed by atoms with van der Waals surface area (Å²) in [6.45, 7) is 0.469. The van der Waals surface area contributed by atoms with Crippen molar-refractivity contribution >= 4 is 11.5 Å². The minimum Gasteiger partial charge on any atom is -0.329 e. The Morgan fingerprint density at radius 3 is 2.50 bits per heavy atom. The third kappa shape index (κ3) is 2.20. The number of hydrogen-bond acceptors (Lipinski definition) is 3. The Morgan fingerprint density at radius 1 is 1.06 bits per heavy atom. The van der Waals surface area contributed by atoms with Crippen LogP contribution in [0.25, 0.3) is 0 Å². The van der Waals surface area contributed by atoms with Crippen molar-refractivity contribution < 1.29 is 0 Å². The zero-order chi connectivity index (χ0) is 11.4. The van der Waals surface area contributed by atoms with Crippen molar-refractivity contribution in [1.82, 2.24) is 4.98 Å². The summed E-state index contributed by atoms with van der Waals surface area (Å²) in [6, 6.07) is 16.0. The maximum atomic E-state index is 5.58. The fourth-order valence-corrected chi connectivity index (χ4v) is 1.55. The summed E-state index contributed by atoms with van der Waals surface area (Å²) in [5.41, 5.74) is 7.59. The van der Waals surface area contributed by atoms with Crippen molar-refractivity contribution in [3.05, 3.63) is 54.2 Å². The smallest absolute Gasteiger partial charge is 0.133 e.